The van der Waals surface area contributed by atoms with Gasteiger partial charge in [0.15, 0.2) is 0 Å². The van der Waals surface area contributed by atoms with Crippen LogP contribution in [0.3, 0.4) is 0 Å². The number of nitrogens with one attached hydrogen (secondary N) is 2. The molecule has 2 N–H and O–H groups in total. The van der Waals surface area contributed by atoms with Gasteiger partial charge in [-0.2, -0.15) is 4.98 Å². The Labute approximate surface area is 183 Å². The Bertz CT molecular complexity index is 1400. The van der Waals surface area contributed by atoms with Crippen LogP contribution in [0.25, 0.3) is 22.4 Å². The van der Waals surface area contributed by atoms with Gasteiger partial charge in [0, 0.05) is 17.7 Å². The lowest BCUT2D eigenvalue weighted by Crippen LogP contribution is -2.37. The van der Waals surface area contributed by atoms with Crippen LogP contribution < -0.4 is 16.4 Å². The molecule has 0 aliphatic carbocycles. The van der Waals surface area contributed by atoms with Crippen molar-refractivity contribution in [2.24, 2.45) is 5.92 Å². The fourth-order valence-corrected chi connectivity index (χ4v) is 3.37. The van der Waals surface area contributed by atoms with E-state index in [0.717, 1.165) is 5.56 Å². The van der Waals surface area contributed by atoms with Crippen molar-refractivity contribution in [3.8, 4) is 11.4 Å². The minimum absolute atomic E-state index is 0.0814. The first-order chi connectivity index (χ1) is 15.3. The van der Waals surface area contributed by atoms with Crippen LogP contribution in [0.5, 0.6) is 0 Å². The van der Waals surface area contributed by atoms with Gasteiger partial charge in [0.05, 0.1) is 17.6 Å². The number of amides is 1. The fraction of sp³-hybridized carbons (Fsp3) is 0.261. The Morgan fingerprint density at radius 1 is 1.16 bits per heavy atom. The predicted molar refractivity (Wildman–Crippen MR) is 119 cm³/mol. The summed E-state index contributed by atoms with van der Waals surface area (Å²) in [6.07, 6.45) is 0. The van der Waals surface area contributed by atoms with Crippen molar-refractivity contribution >= 4 is 16.9 Å². The molecule has 2 aromatic carbocycles. The molecule has 0 unspecified atom stereocenters. The molecule has 0 saturated carbocycles. The molecule has 0 saturated heterocycles. The van der Waals surface area contributed by atoms with Crippen LogP contribution in [-0.4, -0.2) is 25.6 Å². The molecule has 2 aromatic heterocycles. The lowest BCUT2D eigenvalue weighted by molar-refractivity contribution is 0.0946. The number of hydrogen-bond donors (Lipinski definition) is 2. The molecule has 0 aliphatic heterocycles. The van der Waals surface area contributed by atoms with Crippen molar-refractivity contribution in [2.75, 3.05) is 0 Å². The number of fused-ring (bicyclic) bond motifs is 1. The predicted octanol–water partition coefficient (Wildman–Crippen LogP) is 2.63. The molecule has 2 heterocycles. The van der Waals surface area contributed by atoms with Crippen LogP contribution >= 0.6 is 0 Å². The molecule has 0 atom stereocenters. The van der Waals surface area contributed by atoms with Gasteiger partial charge in [0.2, 0.25) is 11.7 Å². The van der Waals surface area contributed by atoms with E-state index in [1.54, 1.807) is 30.3 Å². The van der Waals surface area contributed by atoms with E-state index in [1.165, 1.54) is 4.57 Å². The number of benzene rings is 2. The number of aromatic nitrogens is 4. The van der Waals surface area contributed by atoms with Gasteiger partial charge in [-0.3, -0.25) is 14.4 Å². The molecule has 4 aromatic rings. The third-order valence-electron chi connectivity index (χ3n) is 4.96. The van der Waals surface area contributed by atoms with Gasteiger partial charge in [0.25, 0.3) is 5.91 Å². The van der Waals surface area contributed by atoms with Crippen molar-refractivity contribution in [1.82, 2.24) is 25.0 Å². The minimum atomic E-state index is -0.678. The zero-order chi connectivity index (χ0) is 22.8. The number of rotatable bonds is 6. The molecule has 0 aliphatic rings. The largest absolute Gasteiger partial charge is 0.343 e. The maximum absolute atomic E-state index is 12.3. The summed E-state index contributed by atoms with van der Waals surface area (Å²) >= 11 is 0. The van der Waals surface area contributed by atoms with E-state index in [4.69, 9.17) is 4.52 Å². The van der Waals surface area contributed by atoms with E-state index in [0.29, 0.717) is 34.5 Å². The van der Waals surface area contributed by atoms with Crippen molar-refractivity contribution < 1.29 is 9.32 Å². The Morgan fingerprint density at radius 2 is 1.91 bits per heavy atom. The van der Waals surface area contributed by atoms with Crippen LogP contribution in [0.15, 0.2) is 56.6 Å². The quantitative estimate of drug-likeness (QED) is 0.451. The molecule has 0 spiro atoms. The fourth-order valence-electron chi connectivity index (χ4n) is 3.37. The third kappa shape index (κ3) is 4.36. The van der Waals surface area contributed by atoms with Crippen molar-refractivity contribution in [3.63, 3.8) is 0 Å². The van der Waals surface area contributed by atoms with Gasteiger partial charge in [-0.15, -0.1) is 0 Å². The molecule has 0 bridgehead atoms. The molecule has 32 heavy (non-hydrogen) atoms. The second kappa shape index (κ2) is 8.62. The normalized spacial score (nSPS) is 11.2. The van der Waals surface area contributed by atoms with Gasteiger partial charge in [0.1, 0.15) is 0 Å². The highest BCUT2D eigenvalue weighted by Gasteiger charge is 2.14. The highest BCUT2D eigenvalue weighted by Crippen LogP contribution is 2.20. The summed E-state index contributed by atoms with van der Waals surface area (Å²) in [5, 5.41) is 6.72. The Balaban J connectivity index is 1.56. The molecule has 1 amide bonds. The van der Waals surface area contributed by atoms with Crippen LogP contribution in [0, 0.1) is 12.8 Å². The van der Waals surface area contributed by atoms with E-state index in [1.807, 2.05) is 32.9 Å². The number of hydrogen-bond acceptors (Lipinski definition) is 6. The molecule has 4 rings (SSSR count). The number of carbonyl (C=O) groups excluding carboxylic acids is 1. The first-order valence-corrected chi connectivity index (χ1v) is 10.3. The summed E-state index contributed by atoms with van der Waals surface area (Å²) in [7, 11) is 0. The van der Waals surface area contributed by atoms with E-state index >= 15 is 0 Å². The number of aryl methyl sites for hydroxylation is 1. The summed E-state index contributed by atoms with van der Waals surface area (Å²) in [6, 6.07) is 12.4. The highest BCUT2D eigenvalue weighted by atomic mass is 16.5. The SMILES string of the molecule is Cc1ccc(C(=O)NCc2nc(-c3ccc4c(c3)[nH]c(=O)c(=O)n4CC(C)C)no2)cc1. The molecule has 0 radical (unpaired) electrons. The zero-order valence-corrected chi connectivity index (χ0v) is 18.0. The Morgan fingerprint density at radius 3 is 2.62 bits per heavy atom. The van der Waals surface area contributed by atoms with Crippen LogP contribution in [-0.2, 0) is 13.1 Å². The van der Waals surface area contributed by atoms with Crippen LogP contribution in [0.1, 0.15) is 35.7 Å². The van der Waals surface area contributed by atoms with E-state index in [2.05, 4.69) is 20.4 Å². The lowest BCUT2D eigenvalue weighted by Gasteiger charge is -2.12. The molecular formula is C23H23N5O4. The van der Waals surface area contributed by atoms with Gasteiger partial charge in [-0.25, -0.2) is 0 Å². The monoisotopic (exact) mass is 433 g/mol. The van der Waals surface area contributed by atoms with E-state index < -0.39 is 11.1 Å². The number of H-pyrrole nitrogens is 1. The number of aromatic amines is 1. The lowest BCUT2D eigenvalue weighted by atomic mass is 10.1. The molecule has 9 nitrogen and oxygen atoms in total. The van der Waals surface area contributed by atoms with Crippen molar-refractivity contribution in [3.05, 3.63) is 80.2 Å². The molecule has 9 heteroatoms. The van der Waals surface area contributed by atoms with Crippen molar-refractivity contribution in [1.29, 1.82) is 0 Å². The first kappa shape index (κ1) is 21.2. The minimum Gasteiger partial charge on any atom is -0.343 e. The summed E-state index contributed by atoms with van der Waals surface area (Å²) in [6.45, 7) is 6.43. The van der Waals surface area contributed by atoms with Gasteiger partial charge in [-0.05, 0) is 43.2 Å². The maximum Gasteiger partial charge on any atom is 0.316 e. The van der Waals surface area contributed by atoms with Crippen LogP contribution in [0.4, 0.5) is 0 Å². The molecule has 0 fully saturated rings. The maximum atomic E-state index is 12.3. The second-order valence-electron chi connectivity index (χ2n) is 8.06. The van der Waals surface area contributed by atoms with E-state index in [9.17, 15) is 14.4 Å². The molecular weight excluding hydrogens is 410 g/mol. The van der Waals surface area contributed by atoms with Crippen LogP contribution in [0.2, 0.25) is 0 Å². The number of nitrogens with zero attached hydrogens (tertiary/aromatic N) is 3. The number of carbonyl (C=O) groups is 1. The summed E-state index contributed by atoms with van der Waals surface area (Å²) in [5.74, 6) is 0.524. The summed E-state index contributed by atoms with van der Waals surface area (Å²) in [4.78, 5) is 43.6. The highest BCUT2D eigenvalue weighted by molar-refractivity contribution is 5.94. The zero-order valence-electron chi connectivity index (χ0n) is 18.0. The second-order valence-corrected chi connectivity index (χ2v) is 8.06. The molecule has 164 valence electrons. The smallest absolute Gasteiger partial charge is 0.316 e. The summed E-state index contributed by atoms with van der Waals surface area (Å²) < 4.78 is 6.73. The van der Waals surface area contributed by atoms with Gasteiger partial charge < -0.3 is 19.4 Å². The topological polar surface area (TPSA) is 123 Å². The van der Waals surface area contributed by atoms with Crippen molar-refractivity contribution in [2.45, 2.75) is 33.9 Å². The summed E-state index contributed by atoms with van der Waals surface area (Å²) in [5.41, 5.74) is 2.10. The average Bonchev–Trinajstić information content (AvgIpc) is 3.24. The van der Waals surface area contributed by atoms with E-state index in [-0.39, 0.29) is 24.3 Å². The Hall–Kier alpha value is -4.01. The average molecular weight is 433 g/mol. The first-order valence-electron chi connectivity index (χ1n) is 10.3. The third-order valence-corrected chi connectivity index (χ3v) is 4.96. The Kier molecular flexibility index (Phi) is 5.72. The van der Waals surface area contributed by atoms with Gasteiger partial charge >= 0.3 is 11.1 Å². The van der Waals surface area contributed by atoms with Gasteiger partial charge in [-0.1, -0.05) is 36.7 Å². The standard InChI is InChI=1S/C23H23N5O4/c1-13(2)12-28-18-9-8-16(10-17(18)25-22(30)23(28)31)20-26-19(32-27-20)11-24-21(29)15-6-4-14(3)5-7-15/h4-10,13H,11-12H2,1-3H3,(H,24,29)(H,25,30).